The summed E-state index contributed by atoms with van der Waals surface area (Å²) in [4.78, 5) is 23.7. The van der Waals surface area contributed by atoms with Gasteiger partial charge in [-0.25, -0.2) is 4.79 Å². The molecule has 1 aromatic rings. The van der Waals surface area contributed by atoms with E-state index < -0.39 is 16.9 Å². The van der Waals surface area contributed by atoms with Crippen molar-refractivity contribution in [2.45, 2.75) is 19.4 Å². The summed E-state index contributed by atoms with van der Waals surface area (Å²) in [5.41, 5.74) is 1.73. The predicted octanol–water partition coefficient (Wildman–Crippen LogP) is 1.50. The van der Waals surface area contributed by atoms with Crippen LogP contribution in [0, 0.1) is 10.1 Å². The maximum atomic E-state index is 11.5. The van der Waals surface area contributed by atoms with Crippen LogP contribution in [0.4, 0.5) is 5.69 Å². The number of esters is 1. The van der Waals surface area contributed by atoms with E-state index in [0.717, 1.165) is 11.3 Å². The predicted molar refractivity (Wildman–Crippen MR) is 71.9 cm³/mol. The van der Waals surface area contributed by atoms with Gasteiger partial charge in [-0.05, 0) is 24.6 Å². The molecule has 0 radical (unpaired) electrons. The van der Waals surface area contributed by atoms with Gasteiger partial charge in [0.1, 0.15) is 0 Å². The van der Waals surface area contributed by atoms with Gasteiger partial charge in [0, 0.05) is 24.7 Å². The van der Waals surface area contributed by atoms with Crippen LogP contribution >= 0.6 is 0 Å². The molecule has 0 saturated heterocycles. The summed E-state index contributed by atoms with van der Waals surface area (Å²) >= 11 is 0. The number of anilines is 1. The molecule has 0 aromatic heterocycles. The smallest absolute Gasteiger partial charge is 0.382 e. The third kappa shape index (κ3) is 4.24. The van der Waals surface area contributed by atoms with Crippen LogP contribution in [0.15, 0.2) is 24.3 Å². The summed E-state index contributed by atoms with van der Waals surface area (Å²) in [6.07, 6.45) is 0.0412. The van der Waals surface area contributed by atoms with E-state index in [1.807, 2.05) is 31.1 Å². The minimum Gasteiger partial charge on any atom is -0.461 e. The highest BCUT2D eigenvalue weighted by atomic mass is 16.6. The van der Waals surface area contributed by atoms with E-state index in [4.69, 9.17) is 4.74 Å². The molecule has 0 amide bonds. The minimum atomic E-state index is -1.34. The van der Waals surface area contributed by atoms with Crippen molar-refractivity contribution in [3.05, 3.63) is 39.9 Å². The second-order valence-corrected chi connectivity index (χ2v) is 4.32. The minimum absolute atomic E-state index is 0.0412. The third-order valence-electron chi connectivity index (χ3n) is 2.69. The van der Waals surface area contributed by atoms with Crippen LogP contribution in [0.5, 0.6) is 0 Å². The molecule has 6 heteroatoms. The molecule has 6 nitrogen and oxygen atoms in total. The molecule has 0 aliphatic carbocycles. The van der Waals surface area contributed by atoms with Gasteiger partial charge < -0.3 is 9.64 Å². The van der Waals surface area contributed by atoms with Crippen molar-refractivity contribution in [2.24, 2.45) is 0 Å². The van der Waals surface area contributed by atoms with Crippen molar-refractivity contribution < 1.29 is 14.5 Å². The first-order valence-corrected chi connectivity index (χ1v) is 6.02. The van der Waals surface area contributed by atoms with E-state index in [1.165, 1.54) is 0 Å². The average Bonchev–Trinajstić information content (AvgIpc) is 2.36. The van der Waals surface area contributed by atoms with Gasteiger partial charge >= 0.3 is 12.0 Å². The van der Waals surface area contributed by atoms with Crippen LogP contribution in [-0.2, 0) is 16.0 Å². The number of rotatable bonds is 6. The van der Waals surface area contributed by atoms with Crippen LogP contribution in [0.25, 0.3) is 0 Å². The molecular weight excluding hydrogens is 248 g/mol. The molecule has 1 unspecified atom stereocenters. The van der Waals surface area contributed by atoms with Gasteiger partial charge in [0.05, 0.1) is 13.0 Å². The second kappa shape index (κ2) is 6.72. The number of carbonyl (C=O) groups is 1. The van der Waals surface area contributed by atoms with E-state index in [9.17, 15) is 14.9 Å². The van der Waals surface area contributed by atoms with Crippen LogP contribution in [0.2, 0.25) is 0 Å². The maximum absolute atomic E-state index is 11.5. The summed E-state index contributed by atoms with van der Waals surface area (Å²) in [7, 11) is 3.82. The first-order valence-electron chi connectivity index (χ1n) is 6.02. The molecule has 104 valence electrons. The monoisotopic (exact) mass is 266 g/mol. The lowest BCUT2D eigenvalue weighted by molar-refractivity contribution is -0.510. The molecule has 0 fully saturated rings. The van der Waals surface area contributed by atoms with E-state index >= 15 is 0 Å². The van der Waals surface area contributed by atoms with Gasteiger partial charge in [-0.1, -0.05) is 12.1 Å². The highest BCUT2D eigenvalue weighted by Crippen LogP contribution is 2.14. The summed E-state index contributed by atoms with van der Waals surface area (Å²) in [5.74, 6) is -0.788. The fourth-order valence-electron chi connectivity index (χ4n) is 1.64. The summed E-state index contributed by atoms with van der Waals surface area (Å²) in [6.45, 7) is 1.77. The molecule has 0 aliphatic rings. The fraction of sp³-hybridized carbons (Fsp3) is 0.462. The molecular formula is C13H18N2O4. The second-order valence-electron chi connectivity index (χ2n) is 4.32. The third-order valence-corrected chi connectivity index (χ3v) is 2.69. The summed E-state index contributed by atoms with van der Waals surface area (Å²) < 4.78 is 4.71. The molecule has 0 aliphatic heterocycles. The first kappa shape index (κ1) is 14.9. The van der Waals surface area contributed by atoms with Crippen LogP contribution in [-0.4, -0.2) is 37.6 Å². The average molecular weight is 266 g/mol. The van der Waals surface area contributed by atoms with Crippen molar-refractivity contribution in [3.8, 4) is 0 Å². The van der Waals surface area contributed by atoms with Crippen molar-refractivity contribution in [1.82, 2.24) is 0 Å². The number of benzene rings is 1. The molecule has 0 saturated carbocycles. The molecule has 0 spiro atoms. The zero-order chi connectivity index (χ0) is 14.4. The molecule has 1 atom stereocenters. The normalized spacial score (nSPS) is 11.7. The topological polar surface area (TPSA) is 72.7 Å². The van der Waals surface area contributed by atoms with Gasteiger partial charge in [0.2, 0.25) is 0 Å². The van der Waals surface area contributed by atoms with E-state index in [2.05, 4.69) is 0 Å². The lowest BCUT2D eigenvalue weighted by Crippen LogP contribution is -2.33. The lowest BCUT2D eigenvalue weighted by atomic mass is 10.1. The Balaban J connectivity index is 2.79. The highest BCUT2D eigenvalue weighted by molar-refractivity contribution is 5.74. The maximum Gasteiger partial charge on any atom is 0.382 e. The number of nitro groups is 1. The zero-order valence-corrected chi connectivity index (χ0v) is 11.3. The Morgan fingerprint density at radius 3 is 2.37 bits per heavy atom. The number of carbonyl (C=O) groups excluding carboxylic acids is 1. The molecule has 0 heterocycles. The lowest BCUT2D eigenvalue weighted by Gasteiger charge is -2.13. The van der Waals surface area contributed by atoms with Crippen LogP contribution in [0.1, 0.15) is 12.5 Å². The van der Waals surface area contributed by atoms with E-state index in [1.54, 1.807) is 19.1 Å². The van der Waals surface area contributed by atoms with Crippen LogP contribution in [0.3, 0.4) is 0 Å². The van der Waals surface area contributed by atoms with Crippen molar-refractivity contribution >= 4 is 11.7 Å². The Morgan fingerprint density at radius 2 is 1.95 bits per heavy atom. The van der Waals surface area contributed by atoms with Gasteiger partial charge in [-0.2, -0.15) is 0 Å². The largest absolute Gasteiger partial charge is 0.461 e. The number of nitrogens with zero attached hydrogens (tertiary/aromatic N) is 2. The Labute approximate surface area is 112 Å². The Bertz CT molecular complexity index is 442. The van der Waals surface area contributed by atoms with Crippen molar-refractivity contribution in [1.29, 1.82) is 0 Å². The van der Waals surface area contributed by atoms with Crippen LogP contribution < -0.4 is 4.90 Å². The SMILES string of the molecule is CCOC(=O)C(Cc1ccc(N(C)C)cc1)[N+](=O)[O-]. The van der Waals surface area contributed by atoms with Gasteiger partial charge in [0.15, 0.2) is 0 Å². The first-order chi connectivity index (χ1) is 8.95. The fourth-order valence-corrected chi connectivity index (χ4v) is 1.64. The standard InChI is InChI=1S/C13H18N2O4/c1-4-19-13(16)12(15(17)18)9-10-5-7-11(8-6-10)14(2)3/h5-8,12H,4,9H2,1-3H3. The van der Waals surface area contributed by atoms with Crippen molar-refractivity contribution in [3.63, 3.8) is 0 Å². The van der Waals surface area contributed by atoms with Crippen molar-refractivity contribution in [2.75, 3.05) is 25.6 Å². The Kier molecular flexibility index (Phi) is 5.29. The van der Waals surface area contributed by atoms with Gasteiger partial charge in [-0.15, -0.1) is 0 Å². The molecule has 1 aromatic carbocycles. The van der Waals surface area contributed by atoms with E-state index in [0.29, 0.717) is 0 Å². The van der Waals surface area contributed by atoms with Gasteiger partial charge in [-0.3, -0.25) is 10.1 Å². The molecule has 0 N–H and O–H groups in total. The number of ether oxygens (including phenoxy) is 1. The highest BCUT2D eigenvalue weighted by Gasteiger charge is 2.31. The zero-order valence-electron chi connectivity index (χ0n) is 11.3. The molecule has 1 rings (SSSR count). The van der Waals surface area contributed by atoms with E-state index in [-0.39, 0.29) is 13.0 Å². The number of hydrogen-bond donors (Lipinski definition) is 0. The van der Waals surface area contributed by atoms with Gasteiger partial charge in [0.25, 0.3) is 0 Å². The Hall–Kier alpha value is -2.11. The Morgan fingerprint density at radius 1 is 1.37 bits per heavy atom. The quantitative estimate of drug-likeness (QED) is 0.443. The molecule has 0 bridgehead atoms. The summed E-state index contributed by atoms with van der Waals surface area (Å²) in [6, 6.07) is 5.94. The number of hydrogen-bond acceptors (Lipinski definition) is 5. The summed E-state index contributed by atoms with van der Waals surface area (Å²) in [5, 5.41) is 10.9. The molecule has 19 heavy (non-hydrogen) atoms.